The molecule has 2 aromatic carbocycles. The lowest BCUT2D eigenvalue weighted by molar-refractivity contribution is -0.140. The van der Waals surface area contributed by atoms with E-state index >= 15 is 0 Å². The Morgan fingerprint density at radius 2 is 1.95 bits per heavy atom. The average Bonchev–Trinajstić information content (AvgIpc) is 3.00. The Bertz CT molecular complexity index is 1400. The van der Waals surface area contributed by atoms with Crippen LogP contribution < -0.4 is 15.0 Å². The number of aliphatic hydroxyl groups is 1. The van der Waals surface area contributed by atoms with E-state index in [4.69, 9.17) is 9.47 Å². The number of likely N-dealkylation sites (N-methyl/N-ethyl adjacent to an activating group) is 1. The fourth-order valence-electron chi connectivity index (χ4n) is 4.20. The Morgan fingerprint density at radius 1 is 1.16 bits per heavy atom. The molecule has 0 saturated carbocycles. The number of nitrogens with zero attached hydrogens (tertiary/aromatic N) is 2. The largest absolute Gasteiger partial charge is 0.457 e. The molecular formula is C29H27N3O5. The molecule has 188 valence electrons. The number of fused-ring (bicyclic) bond motifs is 1. The number of aryl methyl sites for hydroxylation is 2. The number of ether oxygens (including phenoxy) is 2. The normalized spacial score (nSPS) is 18.0. The van der Waals surface area contributed by atoms with Crippen LogP contribution in [0.15, 0.2) is 60.8 Å². The van der Waals surface area contributed by atoms with Crippen LogP contribution in [0.5, 0.6) is 11.5 Å². The minimum Gasteiger partial charge on any atom is -0.457 e. The van der Waals surface area contributed by atoms with Crippen molar-refractivity contribution in [1.82, 2.24) is 10.3 Å². The molecule has 5 rings (SSSR count). The number of hydrogen-bond acceptors (Lipinski definition) is 6. The molecule has 0 aliphatic carbocycles. The minimum absolute atomic E-state index is 0.164. The molecule has 8 nitrogen and oxygen atoms in total. The Morgan fingerprint density at radius 3 is 2.68 bits per heavy atom. The summed E-state index contributed by atoms with van der Waals surface area (Å²) in [5.74, 6) is 6.27. The summed E-state index contributed by atoms with van der Waals surface area (Å²) in [7, 11) is 1.68. The molecule has 1 aromatic heterocycles. The van der Waals surface area contributed by atoms with Crippen LogP contribution in [0.3, 0.4) is 0 Å². The van der Waals surface area contributed by atoms with Crippen molar-refractivity contribution in [3.05, 3.63) is 83.2 Å². The van der Waals surface area contributed by atoms with Gasteiger partial charge in [-0.1, -0.05) is 35.6 Å². The lowest BCUT2D eigenvalue weighted by Gasteiger charge is -2.30. The maximum absolute atomic E-state index is 13.3. The number of hydrogen-bond donors (Lipinski definition) is 2. The van der Waals surface area contributed by atoms with Gasteiger partial charge in [-0.2, -0.15) is 0 Å². The monoisotopic (exact) mass is 497 g/mol. The molecule has 8 heteroatoms. The Labute approximate surface area is 215 Å². The first-order valence-electron chi connectivity index (χ1n) is 12.0. The smallest absolute Gasteiger partial charge is 0.270 e. The molecule has 0 spiro atoms. The van der Waals surface area contributed by atoms with E-state index in [-0.39, 0.29) is 24.8 Å². The van der Waals surface area contributed by atoms with Crippen molar-refractivity contribution in [3.63, 3.8) is 0 Å². The summed E-state index contributed by atoms with van der Waals surface area (Å²) in [5.41, 5.74) is 2.58. The van der Waals surface area contributed by atoms with Gasteiger partial charge in [-0.05, 0) is 55.7 Å². The zero-order valence-electron chi connectivity index (χ0n) is 20.7. The molecule has 0 bridgehead atoms. The molecule has 1 fully saturated rings. The summed E-state index contributed by atoms with van der Waals surface area (Å²) in [6.07, 6.45) is 2.56. The molecule has 1 atom stereocenters. The van der Waals surface area contributed by atoms with Crippen LogP contribution in [-0.2, 0) is 16.0 Å². The second kappa shape index (κ2) is 10.1. The van der Waals surface area contributed by atoms with Crippen LogP contribution in [0.2, 0.25) is 0 Å². The molecule has 2 aliphatic heterocycles. The predicted octanol–water partition coefficient (Wildman–Crippen LogP) is 3.00. The number of anilines is 1. The summed E-state index contributed by atoms with van der Waals surface area (Å²) in [5, 5.41) is 13.0. The summed E-state index contributed by atoms with van der Waals surface area (Å²) >= 11 is 0. The van der Waals surface area contributed by atoms with Crippen molar-refractivity contribution in [1.29, 1.82) is 0 Å². The second-order valence-corrected chi connectivity index (χ2v) is 9.37. The first-order valence-corrected chi connectivity index (χ1v) is 12.0. The molecule has 1 saturated heterocycles. The molecule has 2 amide bonds. The third-order valence-electron chi connectivity index (χ3n) is 6.42. The highest BCUT2D eigenvalue weighted by molar-refractivity contribution is 6.02. The van der Waals surface area contributed by atoms with Gasteiger partial charge in [-0.3, -0.25) is 14.6 Å². The second-order valence-electron chi connectivity index (χ2n) is 9.37. The first kappa shape index (κ1) is 24.5. The third kappa shape index (κ3) is 5.48. The molecule has 0 radical (unpaired) electrons. The van der Waals surface area contributed by atoms with Crippen molar-refractivity contribution in [3.8, 4) is 23.3 Å². The highest BCUT2D eigenvalue weighted by Crippen LogP contribution is 2.28. The lowest BCUT2D eigenvalue weighted by Crippen LogP contribution is -2.48. The van der Waals surface area contributed by atoms with Crippen molar-refractivity contribution in [2.75, 3.05) is 25.2 Å². The zero-order valence-corrected chi connectivity index (χ0v) is 20.7. The summed E-state index contributed by atoms with van der Waals surface area (Å²) in [6.45, 7) is 2.38. The van der Waals surface area contributed by atoms with E-state index < -0.39 is 17.6 Å². The van der Waals surface area contributed by atoms with Crippen molar-refractivity contribution < 1.29 is 24.2 Å². The van der Waals surface area contributed by atoms with Gasteiger partial charge in [0, 0.05) is 30.6 Å². The first-order chi connectivity index (χ1) is 17.8. The van der Waals surface area contributed by atoms with Crippen LogP contribution >= 0.6 is 0 Å². The van der Waals surface area contributed by atoms with E-state index in [0.717, 1.165) is 16.8 Å². The van der Waals surface area contributed by atoms with Crippen molar-refractivity contribution in [2.45, 2.75) is 31.4 Å². The molecule has 3 heterocycles. The van der Waals surface area contributed by atoms with Gasteiger partial charge in [0.05, 0.1) is 13.2 Å². The van der Waals surface area contributed by atoms with Crippen LogP contribution in [0.25, 0.3) is 0 Å². The van der Waals surface area contributed by atoms with Gasteiger partial charge in [0.25, 0.3) is 5.91 Å². The zero-order chi connectivity index (χ0) is 26.0. The molecule has 3 aromatic rings. The molecule has 37 heavy (non-hydrogen) atoms. The van der Waals surface area contributed by atoms with Gasteiger partial charge < -0.3 is 24.8 Å². The average molecular weight is 498 g/mol. The number of pyridine rings is 1. The van der Waals surface area contributed by atoms with Crippen molar-refractivity contribution >= 4 is 17.5 Å². The van der Waals surface area contributed by atoms with Crippen LogP contribution in [-0.4, -0.2) is 53.8 Å². The van der Waals surface area contributed by atoms with Crippen LogP contribution in [0.1, 0.15) is 33.6 Å². The van der Waals surface area contributed by atoms with E-state index in [1.165, 1.54) is 6.20 Å². The summed E-state index contributed by atoms with van der Waals surface area (Å²) in [4.78, 5) is 32.0. The van der Waals surface area contributed by atoms with Gasteiger partial charge in [0.15, 0.2) is 5.60 Å². The van der Waals surface area contributed by atoms with E-state index in [2.05, 4.69) is 22.1 Å². The number of aromatic nitrogens is 1. The molecule has 1 unspecified atom stereocenters. The number of carbonyl (C=O) groups is 2. The van der Waals surface area contributed by atoms with Gasteiger partial charge in [-0.25, -0.2) is 0 Å². The van der Waals surface area contributed by atoms with E-state index in [1.54, 1.807) is 24.1 Å². The van der Waals surface area contributed by atoms with Gasteiger partial charge in [0.2, 0.25) is 5.91 Å². The van der Waals surface area contributed by atoms with Crippen LogP contribution in [0.4, 0.5) is 5.69 Å². The Kier molecular flexibility index (Phi) is 6.66. The number of nitrogens with one attached hydrogen (secondary N) is 1. The van der Waals surface area contributed by atoms with Gasteiger partial charge >= 0.3 is 0 Å². The maximum Gasteiger partial charge on any atom is 0.270 e. The van der Waals surface area contributed by atoms with Gasteiger partial charge in [-0.15, -0.1) is 0 Å². The van der Waals surface area contributed by atoms with Gasteiger partial charge in [0.1, 0.15) is 23.2 Å². The fourth-order valence-corrected chi connectivity index (χ4v) is 4.20. The molecule has 2 N–H and O–H groups in total. The fraction of sp³-hybridized carbons (Fsp3) is 0.276. The highest BCUT2D eigenvalue weighted by Gasteiger charge is 2.34. The molecular weight excluding hydrogens is 470 g/mol. The maximum atomic E-state index is 13.3. The minimum atomic E-state index is -1.11. The third-order valence-corrected chi connectivity index (χ3v) is 6.42. The number of amides is 2. The molecule has 2 aliphatic rings. The SMILES string of the molecule is Cc1ccc(Oc2ccnc(C(=O)NC3CCc4ccc(C#CC5(O)COC5)cc4N(C)C3=O)c2)cc1. The van der Waals surface area contributed by atoms with Crippen LogP contribution in [0, 0.1) is 18.8 Å². The van der Waals surface area contributed by atoms with E-state index in [9.17, 15) is 14.7 Å². The predicted molar refractivity (Wildman–Crippen MR) is 138 cm³/mol. The lowest BCUT2D eigenvalue weighted by atomic mass is 10.0. The number of benzene rings is 2. The van der Waals surface area contributed by atoms with Crippen molar-refractivity contribution in [2.24, 2.45) is 0 Å². The Hall–Kier alpha value is -4.19. The summed E-state index contributed by atoms with van der Waals surface area (Å²) in [6, 6.07) is 15.8. The topological polar surface area (TPSA) is 101 Å². The quantitative estimate of drug-likeness (QED) is 0.538. The van der Waals surface area contributed by atoms with E-state index in [0.29, 0.717) is 29.9 Å². The number of carbonyl (C=O) groups excluding carboxylic acids is 2. The van der Waals surface area contributed by atoms with E-state index in [1.807, 2.05) is 49.4 Å². The standard InChI is InChI=1S/C29H27N3O5/c1-19-3-8-22(9-4-19)37-23-12-14-30-25(16-23)27(33)31-24-10-7-21-6-5-20(11-13-29(35)17-36-18-29)15-26(21)32(2)28(24)34/h3-6,8-9,12,14-16,24,35H,7,10,17-18H2,1-2H3,(H,31,33). The summed E-state index contributed by atoms with van der Waals surface area (Å²) < 4.78 is 10.9. The Balaban J connectivity index is 1.28. The number of rotatable bonds is 4. The highest BCUT2D eigenvalue weighted by atomic mass is 16.5.